The van der Waals surface area contributed by atoms with Crippen molar-refractivity contribution < 1.29 is 13.9 Å². The van der Waals surface area contributed by atoms with Crippen LogP contribution in [0.3, 0.4) is 0 Å². The molecule has 2 aromatic rings. The molecule has 0 saturated carbocycles. The van der Waals surface area contributed by atoms with Crippen LogP contribution < -0.4 is 0 Å². The van der Waals surface area contributed by atoms with E-state index in [1.807, 2.05) is 25.1 Å². The predicted molar refractivity (Wildman–Crippen MR) is 110 cm³/mol. The molecular formula is C17H15BrClNO3S2. The third kappa shape index (κ3) is 4.11. The first-order valence-electron chi connectivity index (χ1n) is 7.72. The summed E-state index contributed by atoms with van der Waals surface area (Å²) in [6.45, 7) is 3.76. The van der Waals surface area contributed by atoms with Crippen molar-refractivity contribution >= 4 is 78.8 Å². The molecule has 1 aromatic carbocycles. The molecule has 1 aliphatic heterocycles. The highest BCUT2D eigenvalue weighted by Crippen LogP contribution is 2.37. The first kappa shape index (κ1) is 18.9. The zero-order valence-corrected chi connectivity index (χ0v) is 17.4. The summed E-state index contributed by atoms with van der Waals surface area (Å²) in [6.07, 6.45) is 2.41. The van der Waals surface area contributed by atoms with Gasteiger partial charge >= 0.3 is 0 Å². The Morgan fingerprint density at radius 2 is 2.28 bits per heavy atom. The van der Waals surface area contributed by atoms with Crippen molar-refractivity contribution in [1.29, 1.82) is 0 Å². The van der Waals surface area contributed by atoms with Crippen molar-refractivity contribution in [3.8, 4) is 0 Å². The molecule has 0 bridgehead atoms. The summed E-state index contributed by atoms with van der Waals surface area (Å²) in [7, 11) is 0. The largest absolute Gasteiger partial charge is 0.455 e. The first-order valence-corrected chi connectivity index (χ1v) is 10.1. The van der Waals surface area contributed by atoms with Gasteiger partial charge in [0, 0.05) is 35.7 Å². The predicted octanol–water partition coefficient (Wildman–Crippen LogP) is 5.48. The minimum absolute atomic E-state index is 0.121. The Labute approximate surface area is 168 Å². The molecule has 0 N–H and O–H groups in total. The van der Waals surface area contributed by atoms with Gasteiger partial charge in [-0.05, 0) is 31.5 Å². The molecule has 1 aliphatic rings. The van der Waals surface area contributed by atoms with E-state index in [1.54, 1.807) is 11.0 Å². The fourth-order valence-electron chi connectivity index (χ4n) is 2.43. The van der Waals surface area contributed by atoms with Crippen molar-refractivity contribution in [3.05, 3.63) is 38.4 Å². The third-order valence-corrected chi connectivity index (χ3v) is 5.89. The lowest BCUT2D eigenvalue weighted by molar-refractivity contribution is -0.122. The summed E-state index contributed by atoms with van der Waals surface area (Å²) in [5.74, 6) is 0.341. The molecule has 0 radical (unpaired) electrons. The molecule has 25 heavy (non-hydrogen) atoms. The van der Waals surface area contributed by atoms with Crippen LogP contribution in [-0.4, -0.2) is 34.9 Å². The Morgan fingerprint density at radius 3 is 3.04 bits per heavy atom. The van der Waals surface area contributed by atoms with Gasteiger partial charge in [0.1, 0.15) is 15.7 Å². The van der Waals surface area contributed by atoms with E-state index >= 15 is 0 Å². The Kier molecular flexibility index (Phi) is 6.22. The lowest BCUT2D eigenvalue weighted by Gasteiger charge is -2.13. The number of fused-ring (bicyclic) bond motifs is 1. The van der Waals surface area contributed by atoms with Gasteiger partial charge in [0.2, 0.25) is 0 Å². The average molecular weight is 461 g/mol. The maximum Gasteiger partial charge on any atom is 0.266 e. The fourth-order valence-corrected chi connectivity index (χ4v) is 4.31. The normalized spacial score (nSPS) is 16.6. The maximum absolute atomic E-state index is 12.6. The molecule has 132 valence electrons. The Morgan fingerprint density at radius 1 is 1.48 bits per heavy atom. The van der Waals surface area contributed by atoms with E-state index in [4.69, 9.17) is 33.0 Å². The van der Waals surface area contributed by atoms with Crippen molar-refractivity contribution in [1.82, 2.24) is 4.90 Å². The second-order valence-corrected chi connectivity index (χ2v) is 8.27. The number of hydrogen-bond donors (Lipinski definition) is 0. The number of carbonyl (C=O) groups excluding carboxylic acids is 1. The van der Waals surface area contributed by atoms with E-state index in [-0.39, 0.29) is 5.91 Å². The Bertz CT molecular complexity index is 865. The molecular weight excluding hydrogens is 446 g/mol. The van der Waals surface area contributed by atoms with Crippen LogP contribution >= 0.6 is 51.5 Å². The number of benzene rings is 1. The summed E-state index contributed by atoms with van der Waals surface area (Å²) in [5, 5.41) is 1.28. The van der Waals surface area contributed by atoms with E-state index in [9.17, 15) is 4.79 Å². The topological polar surface area (TPSA) is 42.7 Å². The van der Waals surface area contributed by atoms with E-state index in [1.165, 1.54) is 11.8 Å². The second kappa shape index (κ2) is 8.22. The van der Waals surface area contributed by atoms with Crippen molar-refractivity contribution in [2.45, 2.75) is 13.3 Å². The molecule has 1 fully saturated rings. The average Bonchev–Trinajstić information content (AvgIpc) is 3.03. The summed E-state index contributed by atoms with van der Waals surface area (Å²) in [5.41, 5.74) is 0.673. The van der Waals surface area contributed by atoms with Crippen LogP contribution in [0.25, 0.3) is 17.0 Å². The highest BCUT2D eigenvalue weighted by atomic mass is 79.9. The van der Waals surface area contributed by atoms with Crippen LogP contribution in [0.4, 0.5) is 0 Å². The molecule has 8 heteroatoms. The minimum Gasteiger partial charge on any atom is -0.455 e. The SMILES string of the molecule is CCOCCCN1C(=O)/C(=C/c2oc3ccc(Br)cc3c2Cl)SC1=S. The van der Waals surface area contributed by atoms with E-state index < -0.39 is 0 Å². The summed E-state index contributed by atoms with van der Waals surface area (Å²) >= 11 is 16.4. The van der Waals surface area contributed by atoms with Gasteiger partial charge in [0.25, 0.3) is 5.91 Å². The highest BCUT2D eigenvalue weighted by molar-refractivity contribution is 9.10. The van der Waals surface area contributed by atoms with Gasteiger partial charge in [-0.2, -0.15) is 0 Å². The smallest absolute Gasteiger partial charge is 0.266 e. The van der Waals surface area contributed by atoms with Crippen LogP contribution in [0.5, 0.6) is 0 Å². The lowest BCUT2D eigenvalue weighted by Crippen LogP contribution is -2.29. The molecule has 2 heterocycles. The van der Waals surface area contributed by atoms with Gasteiger partial charge in [-0.1, -0.05) is 51.5 Å². The first-order chi connectivity index (χ1) is 12.0. The Balaban J connectivity index is 1.81. The third-order valence-electron chi connectivity index (χ3n) is 3.62. The molecule has 3 rings (SSSR count). The Hall–Kier alpha value is -0.860. The van der Waals surface area contributed by atoms with Gasteiger partial charge in [-0.15, -0.1) is 0 Å². The summed E-state index contributed by atoms with van der Waals surface area (Å²) < 4.78 is 12.5. The van der Waals surface area contributed by atoms with Crippen molar-refractivity contribution in [2.75, 3.05) is 19.8 Å². The number of thiocarbonyl (C=S) groups is 1. The minimum atomic E-state index is -0.121. The van der Waals surface area contributed by atoms with E-state index in [2.05, 4.69) is 15.9 Å². The number of thioether (sulfide) groups is 1. The molecule has 0 atom stereocenters. The quantitative estimate of drug-likeness (QED) is 0.324. The van der Waals surface area contributed by atoms with Crippen LogP contribution in [0.2, 0.25) is 5.02 Å². The van der Waals surface area contributed by atoms with Crippen molar-refractivity contribution in [3.63, 3.8) is 0 Å². The van der Waals surface area contributed by atoms with Crippen LogP contribution in [0.1, 0.15) is 19.1 Å². The monoisotopic (exact) mass is 459 g/mol. The maximum atomic E-state index is 12.6. The molecule has 1 aromatic heterocycles. The molecule has 0 aliphatic carbocycles. The zero-order valence-electron chi connectivity index (χ0n) is 13.4. The van der Waals surface area contributed by atoms with Gasteiger partial charge in [-0.25, -0.2) is 0 Å². The fraction of sp³-hybridized carbons (Fsp3) is 0.294. The number of halogens is 2. The molecule has 1 amide bonds. The van der Waals surface area contributed by atoms with Gasteiger partial charge in [0.05, 0.1) is 9.93 Å². The van der Waals surface area contributed by atoms with Crippen molar-refractivity contribution in [2.24, 2.45) is 0 Å². The zero-order chi connectivity index (χ0) is 18.0. The van der Waals surface area contributed by atoms with E-state index in [0.29, 0.717) is 45.4 Å². The van der Waals surface area contributed by atoms with E-state index in [0.717, 1.165) is 16.3 Å². The van der Waals surface area contributed by atoms with Gasteiger partial charge in [-0.3, -0.25) is 9.69 Å². The van der Waals surface area contributed by atoms with Crippen LogP contribution in [0, 0.1) is 0 Å². The number of hydrogen-bond acceptors (Lipinski definition) is 5. The standard InChI is InChI=1S/C17H15BrClNO3S2/c1-2-22-7-3-6-20-16(21)14(25-17(20)24)9-13-15(19)11-8-10(18)4-5-12(11)23-13/h4-5,8-9H,2-3,6-7H2,1H3/b14-9-. The van der Waals surface area contributed by atoms with Gasteiger partial charge < -0.3 is 9.15 Å². The molecule has 4 nitrogen and oxygen atoms in total. The number of amides is 1. The van der Waals surface area contributed by atoms with Crippen LogP contribution in [0.15, 0.2) is 32.0 Å². The number of ether oxygens (including phenoxy) is 1. The summed E-state index contributed by atoms with van der Waals surface area (Å²) in [6, 6.07) is 5.60. The second-order valence-electron chi connectivity index (χ2n) is 5.30. The number of rotatable bonds is 6. The van der Waals surface area contributed by atoms with Gasteiger partial charge in [0.15, 0.2) is 0 Å². The molecule has 0 unspecified atom stereocenters. The molecule has 1 saturated heterocycles. The lowest BCUT2D eigenvalue weighted by atomic mass is 10.2. The number of carbonyl (C=O) groups is 1. The molecule has 0 spiro atoms. The number of furan rings is 1. The van der Waals surface area contributed by atoms with Crippen LogP contribution in [-0.2, 0) is 9.53 Å². The number of nitrogens with zero attached hydrogens (tertiary/aromatic N) is 1. The highest BCUT2D eigenvalue weighted by Gasteiger charge is 2.32. The summed E-state index contributed by atoms with van der Waals surface area (Å²) in [4.78, 5) is 14.7.